The van der Waals surface area contributed by atoms with E-state index in [9.17, 15) is 18.0 Å². The van der Waals surface area contributed by atoms with Crippen LogP contribution in [0.5, 0.6) is 5.75 Å². The highest BCUT2D eigenvalue weighted by atomic mass is 32.2. The molecule has 4 rings (SSSR count). The smallest absolute Gasteiger partial charge is 0.265 e. The Morgan fingerprint density at radius 1 is 1.24 bits per heavy atom. The average molecular weight is 486 g/mol. The van der Waals surface area contributed by atoms with Crippen LogP contribution >= 0.6 is 0 Å². The molecule has 0 unspecified atom stereocenters. The number of nitrogens with zero attached hydrogens (tertiary/aromatic N) is 1. The molecule has 0 radical (unpaired) electrons. The quantitative estimate of drug-likeness (QED) is 0.649. The van der Waals surface area contributed by atoms with Crippen molar-refractivity contribution in [2.75, 3.05) is 23.7 Å². The summed E-state index contributed by atoms with van der Waals surface area (Å²) in [6.45, 7) is 6.02. The van der Waals surface area contributed by atoms with Gasteiger partial charge in [0.15, 0.2) is 6.10 Å². The van der Waals surface area contributed by atoms with Gasteiger partial charge in [-0.1, -0.05) is 32.0 Å². The summed E-state index contributed by atoms with van der Waals surface area (Å²) in [5, 5.41) is 5.78. The molecule has 0 spiro atoms. The number of para-hydroxylation sites is 1. The van der Waals surface area contributed by atoms with Crippen LogP contribution in [0.25, 0.3) is 0 Å². The van der Waals surface area contributed by atoms with Crippen LogP contribution in [0.15, 0.2) is 41.3 Å². The molecule has 182 valence electrons. The summed E-state index contributed by atoms with van der Waals surface area (Å²) in [6, 6.07) is 10.8. The summed E-state index contributed by atoms with van der Waals surface area (Å²) in [5.41, 5.74) is 2.79. The molecule has 2 aliphatic heterocycles. The maximum Gasteiger partial charge on any atom is 0.265 e. The number of carbonyl (C=O) groups is 2. The fourth-order valence-electron chi connectivity index (χ4n) is 4.53. The third-order valence-electron chi connectivity index (χ3n) is 6.50. The number of rotatable bonds is 6. The predicted molar refractivity (Wildman–Crippen MR) is 130 cm³/mol. The van der Waals surface area contributed by atoms with E-state index in [0.717, 1.165) is 17.7 Å². The van der Waals surface area contributed by atoms with Gasteiger partial charge < -0.3 is 15.4 Å². The van der Waals surface area contributed by atoms with Gasteiger partial charge in [-0.3, -0.25) is 9.59 Å². The number of benzene rings is 2. The molecule has 34 heavy (non-hydrogen) atoms. The number of piperidine rings is 1. The molecular weight excluding hydrogens is 454 g/mol. The van der Waals surface area contributed by atoms with Gasteiger partial charge in [0.2, 0.25) is 15.9 Å². The number of ether oxygens (including phenoxy) is 1. The number of amides is 2. The lowest BCUT2D eigenvalue weighted by atomic mass is 9.98. The Morgan fingerprint density at radius 2 is 2.00 bits per heavy atom. The van der Waals surface area contributed by atoms with Gasteiger partial charge in [0.05, 0.1) is 16.5 Å². The third kappa shape index (κ3) is 4.67. The number of aryl methyl sites for hydroxylation is 2. The van der Waals surface area contributed by atoms with Crippen LogP contribution < -0.4 is 15.4 Å². The fraction of sp³-hybridized carbons (Fsp3) is 0.440. The predicted octanol–water partition coefficient (Wildman–Crippen LogP) is 3.71. The number of carbonyl (C=O) groups excluding carboxylic acids is 2. The Morgan fingerprint density at radius 3 is 2.74 bits per heavy atom. The van der Waals surface area contributed by atoms with Crippen molar-refractivity contribution in [2.24, 2.45) is 5.92 Å². The van der Waals surface area contributed by atoms with Crippen LogP contribution in [0.2, 0.25) is 0 Å². The Balaban J connectivity index is 1.55. The van der Waals surface area contributed by atoms with Crippen molar-refractivity contribution in [1.82, 2.24) is 4.31 Å². The number of hydrogen-bond acceptors (Lipinski definition) is 5. The third-order valence-corrected chi connectivity index (χ3v) is 8.50. The van der Waals surface area contributed by atoms with Gasteiger partial charge in [0.25, 0.3) is 5.91 Å². The van der Waals surface area contributed by atoms with Crippen LogP contribution in [-0.2, 0) is 26.0 Å². The summed E-state index contributed by atoms with van der Waals surface area (Å²) in [5.74, 6) is -0.496. The number of anilines is 2. The van der Waals surface area contributed by atoms with Crippen molar-refractivity contribution in [2.45, 2.75) is 57.5 Å². The van der Waals surface area contributed by atoms with E-state index in [1.807, 2.05) is 38.1 Å². The molecule has 0 aromatic heterocycles. The van der Waals surface area contributed by atoms with E-state index in [4.69, 9.17) is 4.74 Å². The summed E-state index contributed by atoms with van der Waals surface area (Å²) >= 11 is 0. The largest absolute Gasteiger partial charge is 0.478 e. The molecule has 2 N–H and O–H groups in total. The number of nitrogens with one attached hydrogen (secondary N) is 2. The minimum absolute atomic E-state index is 0.119. The van der Waals surface area contributed by atoms with Crippen molar-refractivity contribution in [3.05, 3.63) is 47.5 Å². The van der Waals surface area contributed by atoms with Crippen molar-refractivity contribution < 1.29 is 22.7 Å². The molecule has 2 atom stereocenters. The van der Waals surface area contributed by atoms with E-state index in [2.05, 4.69) is 10.6 Å². The Kier molecular flexibility index (Phi) is 6.95. The van der Waals surface area contributed by atoms with Gasteiger partial charge in [0, 0.05) is 24.8 Å². The lowest BCUT2D eigenvalue weighted by Crippen LogP contribution is -2.44. The molecule has 8 nitrogen and oxygen atoms in total. The van der Waals surface area contributed by atoms with Gasteiger partial charge in [-0.15, -0.1) is 0 Å². The minimum Gasteiger partial charge on any atom is -0.478 e. The average Bonchev–Trinajstić information content (AvgIpc) is 2.83. The van der Waals surface area contributed by atoms with E-state index in [1.54, 1.807) is 13.0 Å². The van der Waals surface area contributed by atoms with Crippen molar-refractivity contribution in [3.8, 4) is 5.75 Å². The maximum atomic E-state index is 13.6. The molecule has 0 bridgehead atoms. The number of hydrogen-bond donors (Lipinski definition) is 2. The highest BCUT2D eigenvalue weighted by Gasteiger charge is 2.36. The van der Waals surface area contributed by atoms with E-state index in [0.29, 0.717) is 42.8 Å². The first kappa shape index (κ1) is 24.2. The lowest BCUT2D eigenvalue weighted by Gasteiger charge is -2.32. The summed E-state index contributed by atoms with van der Waals surface area (Å²) < 4.78 is 34.3. The molecule has 1 fully saturated rings. The lowest BCUT2D eigenvalue weighted by molar-refractivity contribution is -0.123. The Labute approximate surface area is 200 Å². The number of fused-ring (bicyclic) bond motifs is 1. The molecule has 2 aromatic rings. The monoisotopic (exact) mass is 485 g/mol. The van der Waals surface area contributed by atoms with Gasteiger partial charge in [-0.05, 0) is 55.9 Å². The second kappa shape index (κ2) is 9.76. The maximum absolute atomic E-state index is 13.6. The zero-order valence-electron chi connectivity index (χ0n) is 19.8. The molecule has 2 amide bonds. The summed E-state index contributed by atoms with van der Waals surface area (Å²) in [4.78, 5) is 25.2. The second-order valence-corrected chi connectivity index (χ2v) is 10.7. The first-order chi connectivity index (χ1) is 16.2. The Hall–Kier alpha value is -2.91. The second-order valence-electron chi connectivity index (χ2n) is 8.82. The van der Waals surface area contributed by atoms with Crippen LogP contribution in [0.4, 0.5) is 11.4 Å². The molecule has 0 saturated carbocycles. The van der Waals surface area contributed by atoms with Crippen LogP contribution in [0, 0.1) is 12.8 Å². The summed E-state index contributed by atoms with van der Waals surface area (Å²) in [7, 11) is -3.86. The number of sulfonamides is 1. The van der Waals surface area contributed by atoms with Crippen molar-refractivity contribution in [3.63, 3.8) is 0 Å². The van der Waals surface area contributed by atoms with Crippen molar-refractivity contribution in [1.29, 1.82) is 0 Å². The fourth-order valence-corrected chi connectivity index (χ4v) is 6.28. The van der Waals surface area contributed by atoms with Gasteiger partial charge in [-0.25, -0.2) is 8.42 Å². The molecular formula is C25H31N3O5S. The molecule has 2 heterocycles. The molecule has 2 aliphatic rings. The zero-order chi connectivity index (χ0) is 24.5. The normalized spacial score (nSPS) is 20.7. The minimum atomic E-state index is -3.86. The first-order valence-electron chi connectivity index (χ1n) is 11.8. The van der Waals surface area contributed by atoms with E-state index >= 15 is 0 Å². The van der Waals surface area contributed by atoms with Crippen LogP contribution in [-0.4, -0.2) is 43.7 Å². The van der Waals surface area contributed by atoms with Gasteiger partial charge in [0.1, 0.15) is 5.75 Å². The first-order valence-corrected chi connectivity index (χ1v) is 13.2. The van der Waals surface area contributed by atoms with Crippen LogP contribution in [0.3, 0.4) is 0 Å². The molecule has 0 aliphatic carbocycles. The molecule has 1 saturated heterocycles. The van der Waals surface area contributed by atoms with Crippen LogP contribution in [0.1, 0.15) is 44.2 Å². The SMILES string of the molecule is CCc1ccccc1NC(=O)[C@H]1CCCN(S(=O)(=O)c2cc3c(cc2C)NC(=O)[C@@H](CC)O3)C1. The molecule has 9 heteroatoms. The van der Waals surface area contributed by atoms with Crippen molar-refractivity contribution >= 4 is 33.2 Å². The Bertz CT molecular complexity index is 1210. The highest BCUT2D eigenvalue weighted by Crippen LogP contribution is 2.36. The van der Waals surface area contributed by atoms with E-state index in [1.165, 1.54) is 10.4 Å². The zero-order valence-corrected chi connectivity index (χ0v) is 20.6. The molecule has 2 aromatic carbocycles. The van der Waals surface area contributed by atoms with Gasteiger partial charge >= 0.3 is 0 Å². The highest BCUT2D eigenvalue weighted by molar-refractivity contribution is 7.89. The standard InChI is InChI=1S/C25H31N3O5S/c1-4-17-9-6-7-11-19(17)26-24(29)18-10-8-12-28(15-18)34(31,32)23-14-22-20(13-16(23)3)27-25(30)21(5-2)33-22/h6-7,9,11,13-14,18,21H,4-5,8,10,12,15H2,1-3H3,(H,26,29)(H,27,30)/t18-,21+/m0/s1. The van der Waals surface area contributed by atoms with Gasteiger partial charge in [-0.2, -0.15) is 4.31 Å². The van der Waals surface area contributed by atoms with E-state index in [-0.39, 0.29) is 23.3 Å². The topological polar surface area (TPSA) is 105 Å². The summed E-state index contributed by atoms with van der Waals surface area (Å²) in [6.07, 6.45) is 1.84. The van der Waals surface area contributed by atoms with E-state index < -0.39 is 22.0 Å².